The molecule has 0 bridgehead atoms. The molecule has 42 heavy (non-hydrogen) atoms. The molecular weight excluding hydrogens is 559 g/mol. The van der Waals surface area contributed by atoms with Crippen LogP contribution in [0.25, 0.3) is 11.0 Å². The molecule has 0 fully saturated rings. The largest absolute Gasteiger partial charge is 0.494 e. The standard InChI is InChI=1S/C27H28F3N7O5/c1-3-37-19(14-21(35-37)27(28,29)30)24(39)34-25-33-18-12-17(23(31)38)13-20(41-2)22(18)36(25)11-7-10-32-26(40)42-15-16-8-5-4-6-9-16/h4-6,8-9,12-14H,3,7,10-11,15H2,1-2H3,(H2,31,38)(H,32,40)(H,33,34,39). The molecule has 222 valence electrons. The number of anilines is 1. The van der Waals surface area contributed by atoms with Crippen molar-refractivity contribution >= 4 is 34.9 Å². The van der Waals surface area contributed by atoms with Crippen molar-refractivity contribution < 1.29 is 37.0 Å². The third-order valence-electron chi connectivity index (χ3n) is 6.18. The van der Waals surface area contributed by atoms with Crippen molar-refractivity contribution in [3.8, 4) is 5.75 Å². The van der Waals surface area contributed by atoms with Crippen LogP contribution in [0.3, 0.4) is 0 Å². The van der Waals surface area contributed by atoms with Crippen LogP contribution >= 0.6 is 0 Å². The lowest BCUT2D eigenvalue weighted by molar-refractivity contribution is -0.141. The molecular formula is C27H28F3N7O5. The van der Waals surface area contributed by atoms with Crippen LogP contribution in [-0.2, 0) is 30.6 Å². The third kappa shape index (κ3) is 6.79. The summed E-state index contributed by atoms with van der Waals surface area (Å²) < 4.78 is 52.9. The van der Waals surface area contributed by atoms with Gasteiger partial charge >= 0.3 is 12.3 Å². The average molecular weight is 588 g/mol. The van der Waals surface area contributed by atoms with Gasteiger partial charge in [-0.05, 0) is 31.0 Å². The van der Waals surface area contributed by atoms with Gasteiger partial charge in [0, 0.05) is 31.3 Å². The Morgan fingerprint density at radius 2 is 1.83 bits per heavy atom. The van der Waals surface area contributed by atoms with Crippen molar-refractivity contribution in [1.29, 1.82) is 0 Å². The second kappa shape index (κ2) is 12.6. The molecule has 0 spiro atoms. The molecule has 0 saturated heterocycles. The van der Waals surface area contributed by atoms with Crippen LogP contribution in [-0.4, -0.2) is 50.9 Å². The molecule has 3 amide bonds. The number of nitrogens with two attached hydrogens (primary N) is 1. The molecule has 4 N–H and O–H groups in total. The van der Waals surface area contributed by atoms with E-state index in [1.54, 1.807) is 11.5 Å². The first-order valence-electron chi connectivity index (χ1n) is 12.8. The smallest absolute Gasteiger partial charge is 0.435 e. The number of ether oxygens (including phenoxy) is 2. The summed E-state index contributed by atoms with van der Waals surface area (Å²) in [6, 6.07) is 12.6. The molecule has 0 unspecified atom stereocenters. The Morgan fingerprint density at radius 3 is 2.48 bits per heavy atom. The van der Waals surface area contributed by atoms with Gasteiger partial charge in [0.25, 0.3) is 5.91 Å². The van der Waals surface area contributed by atoms with Gasteiger partial charge in [0.2, 0.25) is 11.9 Å². The van der Waals surface area contributed by atoms with Gasteiger partial charge in [0.15, 0.2) is 5.69 Å². The molecule has 4 rings (SSSR count). The number of carbonyl (C=O) groups excluding carboxylic acids is 3. The molecule has 0 atom stereocenters. The van der Waals surface area contributed by atoms with E-state index < -0.39 is 29.8 Å². The van der Waals surface area contributed by atoms with Gasteiger partial charge in [-0.3, -0.25) is 19.6 Å². The van der Waals surface area contributed by atoms with Crippen LogP contribution in [0.1, 0.15) is 45.4 Å². The summed E-state index contributed by atoms with van der Waals surface area (Å²) in [4.78, 5) is 41.5. The number of benzene rings is 2. The van der Waals surface area contributed by atoms with Crippen molar-refractivity contribution in [3.63, 3.8) is 0 Å². The maximum absolute atomic E-state index is 13.2. The highest BCUT2D eigenvalue weighted by Crippen LogP contribution is 2.32. The summed E-state index contributed by atoms with van der Waals surface area (Å²) in [7, 11) is 1.37. The minimum absolute atomic E-state index is 0.0110. The van der Waals surface area contributed by atoms with E-state index >= 15 is 0 Å². The van der Waals surface area contributed by atoms with Gasteiger partial charge < -0.3 is 25.1 Å². The van der Waals surface area contributed by atoms with Crippen LogP contribution in [0.2, 0.25) is 0 Å². The number of amides is 3. The lowest BCUT2D eigenvalue weighted by Gasteiger charge is -2.13. The number of carbonyl (C=O) groups is 3. The van der Waals surface area contributed by atoms with Gasteiger partial charge in [-0.2, -0.15) is 18.3 Å². The van der Waals surface area contributed by atoms with Crippen molar-refractivity contribution in [3.05, 3.63) is 71.0 Å². The second-order valence-corrected chi connectivity index (χ2v) is 9.02. The van der Waals surface area contributed by atoms with Crippen molar-refractivity contribution in [2.75, 3.05) is 19.0 Å². The van der Waals surface area contributed by atoms with E-state index in [4.69, 9.17) is 15.2 Å². The zero-order valence-corrected chi connectivity index (χ0v) is 22.7. The number of aryl methyl sites for hydroxylation is 2. The fraction of sp³-hybridized carbons (Fsp3) is 0.296. The first kappa shape index (κ1) is 29.9. The maximum Gasteiger partial charge on any atom is 0.435 e. The summed E-state index contributed by atoms with van der Waals surface area (Å²) in [5.74, 6) is -1.42. The highest BCUT2D eigenvalue weighted by molar-refractivity contribution is 6.04. The molecule has 2 aromatic carbocycles. The molecule has 12 nitrogen and oxygen atoms in total. The van der Waals surface area contributed by atoms with E-state index in [1.165, 1.54) is 19.2 Å². The zero-order valence-electron chi connectivity index (χ0n) is 22.7. The molecule has 0 radical (unpaired) electrons. The van der Waals surface area contributed by atoms with E-state index in [0.29, 0.717) is 18.0 Å². The topological polar surface area (TPSA) is 155 Å². The summed E-state index contributed by atoms with van der Waals surface area (Å²) >= 11 is 0. The van der Waals surface area contributed by atoms with Gasteiger partial charge in [-0.25, -0.2) is 9.78 Å². The van der Waals surface area contributed by atoms with Gasteiger partial charge in [0.05, 0.1) is 12.6 Å². The Balaban J connectivity index is 1.56. The zero-order chi connectivity index (χ0) is 30.4. The number of alkyl carbamates (subject to hydrolysis) is 1. The fourth-order valence-electron chi connectivity index (χ4n) is 4.19. The molecule has 2 aromatic heterocycles. The van der Waals surface area contributed by atoms with Gasteiger partial charge in [-0.15, -0.1) is 0 Å². The third-order valence-corrected chi connectivity index (χ3v) is 6.18. The number of hydrogen-bond acceptors (Lipinski definition) is 7. The Morgan fingerprint density at radius 1 is 1.10 bits per heavy atom. The van der Waals surface area contributed by atoms with Crippen LogP contribution in [0.5, 0.6) is 5.75 Å². The van der Waals surface area contributed by atoms with Gasteiger partial charge in [0.1, 0.15) is 23.6 Å². The van der Waals surface area contributed by atoms with Crippen molar-refractivity contribution in [2.24, 2.45) is 5.73 Å². The van der Waals surface area contributed by atoms with Crippen LogP contribution < -0.4 is 21.1 Å². The number of aromatic nitrogens is 4. The molecule has 2 heterocycles. The second-order valence-electron chi connectivity index (χ2n) is 9.02. The highest BCUT2D eigenvalue weighted by Gasteiger charge is 2.36. The number of hydrogen-bond donors (Lipinski definition) is 3. The van der Waals surface area contributed by atoms with E-state index in [9.17, 15) is 27.6 Å². The number of rotatable bonds is 11. The molecule has 0 aliphatic carbocycles. The van der Waals surface area contributed by atoms with E-state index in [2.05, 4.69) is 20.7 Å². The Kier molecular flexibility index (Phi) is 8.98. The SMILES string of the molecule is CCn1nc(C(F)(F)F)cc1C(=O)Nc1nc2cc(C(N)=O)cc(OC)c2n1CCCNC(=O)OCc1ccccc1. The van der Waals surface area contributed by atoms with Crippen molar-refractivity contribution in [2.45, 2.75) is 39.2 Å². The predicted octanol–water partition coefficient (Wildman–Crippen LogP) is 3.95. The summed E-state index contributed by atoms with van der Waals surface area (Å²) in [6.45, 7) is 2.02. The highest BCUT2D eigenvalue weighted by atomic mass is 19.4. The Bertz CT molecular complexity index is 1600. The monoisotopic (exact) mass is 587 g/mol. The number of alkyl halides is 3. The number of methoxy groups -OCH3 is 1. The molecule has 0 aliphatic heterocycles. The van der Waals surface area contributed by atoms with Gasteiger partial charge in [-0.1, -0.05) is 30.3 Å². The molecule has 4 aromatic rings. The molecule has 15 heteroatoms. The molecule has 0 saturated carbocycles. The molecule has 0 aliphatic rings. The normalized spacial score (nSPS) is 11.4. The summed E-state index contributed by atoms with van der Waals surface area (Å²) in [5, 5.41) is 8.66. The lowest BCUT2D eigenvalue weighted by atomic mass is 10.1. The van der Waals surface area contributed by atoms with Crippen LogP contribution in [0, 0.1) is 0 Å². The Labute approximate surface area is 237 Å². The number of primary amides is 1. The quantitative estimate of drug-likeness (QED) is 0.225. The summed E-state index contributed by atoms with van der Waals surface area (Å²) in [6.07, 6.45) is -5.03. The minimum atomic E-state index is -4.74. The maximum atomic E-state index is 13.2. The first-order chi connectivity index (χ1) is 20.0. The predicted molar refractivity (Wildman–Crippen MR) is 145 cm³/mol. The summed E-state index contributed by atoms with van der Waals surface area (Å²) in [5.41, 5.74) is 5.47. The van der Waals surface area contributed by atoms with Crippen LogP contribution in [0.4, 0.5) is 23.9 Å². The minimum Gasteiger partial charge on any atom is -0.494 e. The number of nitrogens with zero attached hydrogens (tertiary/aromatic N) is 4. The number of halogens is 3. The van der Waals surface area contributed by atoms with E-state index in [0.717, 1.165) is 10.2 Å². The Hall–Kier alpha value is -5.08. The number of fused-ring (bicyclic) bond motifs is 1. The van der Waals surface area contributed by atoms with Crippen molar-refractivity contribution in [1.82, 2.24) is 24.6 Å². The number of imidazole rings is 1. The van der Waals surface area contributed by atoms with E-state index in [-0.39, 0.29) is 54.7 Å². The fourth-order valence-corrected chi connectivity index (χ4v) is 4.19. The first-order valence-corrected chi connectivity index (χ1v) is 12.8. The number of nitrogens with one attached hydrogen (secondary N) is 2. The lowest BCUT2D eigenvalue weighted by Crippen LogP contribution is -2.26. The average Bonchev–Trinajstić information content (AvgIpc) is 3.56. The van der Waals surface area contributed by atoms with Crippen LogP contribution in [0.15, 0.2) is 48.5 Å². The van der Waals surface area contributed by atoms with E-state index in [1.807, 2.05) is 30.3 Å².